The second-order valence-electron chi connectivity index (χ2n) is 1.53. The van der Waals surface area contributed by atoms with Crippen LogP contribution in [0.5, 0.6) is 0 Å². The van der Waals surface area contributed by atoms with Crippen molar-refractivity contribution in [2.45, 2.75) is 18.6 Å². The molecule has 4 heteroatoms. The predicted molar refractivity (Wildman–Crippen MR) is 29.8 cm³/mol. The molecule has 4 nitrogen and oxygen atoms in total. The molecule has 0 aliphatic carbocycles. The maximum absolute atomic E-state index is 10.1. The molecule has 3 N–H and O–H groups in total. The molecule has 0 aromatic rings. The minimum atomic E-state index is -1.71. The van der Waals surface area contributed by atoms with Gasteiger partial charge in [-0.2, -0.15) is 0 Å². The Kier molecular flexibility index (Phi) is 2.63. The lowest BCUT2D eigenvalue weighted by Gasteiger charge is -2.11. The molecule has 0 aromatic heterocycles. The van der Waals surface area contributed by atoms with E-state index in [-0.39, 0.29) is 0 Å². The van der Waals surface area contributed by atoms with E-state index in [2.05, 4.69) is 0 Å². The first-order valence-electron chi connectivity index (χ1n) is 3.48. The molecule has 0 aliphatic rings. The first kappa shape index (κ1) is 5.34. The van der Waals surface area contributed by atoms with Crippen LogP contribution in [0.15, 0.2) is 0 Å². The molecule has 54 valence electrons. The van der Waals surface area contributed by atoms with Gasteiger partial charge in [-0.25, -0.2) is 0 Å². The van der Waals surface area contributed by atoms with Gasteiger partial charge >= 0.3 is 0 Å². The summed E-state index contributed by atoms with van der Waals surface area (Å²) < 4.78 is 13.2. The Morgan fingerprint density at radius 3 is 2.56 bits per heavy atom. The third-order valence-electron chi connectivity index (χ3n) is 0.820. The summed E-state index contributed by atoms with van der Waals surface area (Å²) in [6.07, 6.45) is -6.22. The van der Waals surface area contributed by atoms with Crippen LogP contribution in [0.3, 0.4) is 0 Å². The van der Waals surface area contributed by atoms with Crippen molar-refractivity contribution in [1.29, 1.82) is 0 Å². The highest BCUT2D eigenvalue weighted by molar-refractivity contribution is 5.50. The zero-order valence-corrected chi connectivity index (χ0v) is 4.69. The first-order valence-corrected chi connectivity index (χ1v) is 2.40. The summed E-state index contributed by atoms with van der Waals surface area (Å²) in [5, 5.41) is 25.8. The molecule has 0 rings (SSSR count). The number of carbonyl (C=O) groups excluding carboxylic acids is 1. The summed E-state index contributed by atoms with van der Waals surface area (Å²) >= 11 is 0. The molecule has 0 amide bonds. The van der Waals surface area contributed by atoms with Crippen molar-refractivity contribution >= 4 is 6.26 Å². The van der Waals surface area contributed by atoms with Gasteiger partial charge < -0.3 is 20.1 Å². The number of hydrogen-bond donors (Lipinski definition) is 3. The fourth-order valence-electron chi connectivity index (χ4n) is 0.289. The molecule has 0 saturated carbocycles. The molecule has 0 saturated heterocycles. The maximum Gasteiger partial charge on any atom is 0.122 e. The third kappa shape index (κ3) is 3.18. The van der Waals surface area contributed by atoms with Gasteiger partial charge in [0, 0.05) is 7.77 Å². The molecular weight excluding hydrogens is 124 g/mol. The van der Waals surface area contributed by atoms with Crippen LogP contribution >= 0.6 is 0 Å². The van der Waals surface area contributed by atoms with E-state index in [1.54, 1.807) is 0 Å². The van der Waals surface area contributed by atoms with Gasteiger partial charge in [0.2, 0.25) is 0 Å². The third-order valence-corrected chi connectivity index (χ3v) is 0.820. The van der Waals surface area contributed by atoms with Gasteiger partial charge in [0.15, 0.2) is 0 Å². The highest BCUT2D eigenvalue weighted by Gasteiger charge is 2.13. The normalized spacial score (nSPS) is 23.4. The van der Waals surface area contributed by atoms with Crippen LogP contribution in [0.1, 0.15) is 9.14 Å². The fraction of sp³-hybridized carbons (Fsp3) is 0.800. The van der Waals surface area contributed by atoms with E-state index < -0.39 is 31.5 Å². The van der Waals surface area contributed by atoms with Crippen LogP contribution in [-0.4, -0.2) is 40.4 Å². The number of carbonyl (C=O) groups is 1. The largest absolute Gasteiger partial charge is 0.394 e. The number of aliphatic hydroxyl groups is 3. The number of aldehydes is 1. The van der Waals surface area contributed by atoms with E-state index in [0.29, 0.717) is 0 Å². The number of aliphatic hydroxyl groups excluding tert-OH is 3. The molecule has 0 aliphatic heterocycles. The monoisotopic (exact) mass is 136 g/mol. The van der Waals surface area contributed by atoms with Crippen molar-refractivity contribution in [2.24, 2.45) is 0 Å². The summed E-state index contributed by atoms with van der Waals surface area (Å²) in [7, 11) is 0. The Balaban J connectivity index is 4.00. The molecule has 0 bridgehead atoms. The summed E-state index contributed by atoms with van der Waals surface area (Å²) in [4.78, 5) is 10.1. The van der Waals surface area contributed by atoms with Crippen LogP contribution in [0.25, 0.3) is 0 Å². The first-order chi connectivity index (χ1) is 5.00. The minimum Gasteiger partial charge on any atom is -0.394 e. The van der Waals surface area contributed by atoms with Crippen molar-refractivity contribution < 1.29 is 22.9 Å². The van der Waals surface area contributed by atoms with E-state index in [9.17, 15) is 4.79 Å². The van der Waals surface area contributed by atoms with Crippen LogP contribution in [0.2, 0.25) is 0 Å². The van der Waals surface area contributed by atoms with Crippen molar-refractivity contribution in [2.75, 3.05) is 6.61 Å². The molecule has 0 aromatic carbocycles. The van der Waals surface area contributed by atoms with Gasteiger partial charge in [-0.3, -0.25) is 0 Å². The van der Waals surface area contributed by atoms with Crippen LogP contribution in [0.4, 0.5) is 0 Å². The second kappa shape index (κ2) is 4.43. The lowest BCUT2D eigenvalue weighted by molar-refractivity contribution is -0.111. The van der Waals surface area contributed by atoms with E-state index in [1.165, 1.54) is 0 Å². The van der Waals surface area contributed by atoms with Gasteiger partial charge in [0.05, 0.1) is 12.7 Å². The standard InChI is InChI=1S/C5H10O4/c6-2-1-4(8)5(9)3-7/h2,4-5,7-9H,1,3H2/t4-,5+/m0/s1/i1D,2D/t1-,4+,5-/m1. The quantitative estimate of drug-likeness (QED) is 0.402. The average molecular weight is 136 g/mol. The molecule has 0 unspecified atom stereocenters. The van der Waals surface area contributed by atoms with Crippen molar-refractivity contribution in [3.63, 3.8) is 0 Å². The summed E-state index contributed by atoms with van der Waals surface area (Å²) in [5.41, 5.74) is 0. The van der Waals surface area contributed by atoms with Gasteiger partial charge in [-0.1, -0.05) is 0 Å². The lowest BCUT2D eigenvalue weighted by atomic mass is 10.2. The predicted octanol–water partition coefficient (Wildman–Crippen LogP) is -1.71. The number of hydrogen-bond acceptors (Lipinski definition) is 4. The number of rotatable bonds is 4. The summed E-state index contributed by atoms with van der Waals surface area (Å²) in [6.45, 7) is -0.732. The molecular formula is C5H10O4. The van der Waals surface area contributed by atoms with Gasteiger partial charge in [0.1, 0.15) is 13.7 Å². The highest BCUT2D eigenvalue weighted by atomic mass is 16.4. The van der Waals surface area contributed by atoms with Crippen LogP contribution in [-0.2, 0) is 4.79 Å². The Bertz CT molecular complexity index is 140. The Morgan fingerprint density at radius 1 is 1.67 bits per heavy atom. The van der Waals surface area contributed by atoms with Gasteiger partial charge in [-0.05, 0) is 0 Å². The molecule has 0 fully saturated rings. The fourth-order valence-corrected chi connectivity index (χ4v) is 0.289. The second-order valence-corrected chi connectivity index (χ2v) is 1.53. The highest BCUT2D eigenvalue weighted by Crippen LogP contribution is 1.94. The summed E-state index contributed by atoms with van der Waals surface area (Å²) in [5.74, 6) is 0. The maximum atomic E-state index is 10.1. The van der Waals surface area contributed by atoms with E-state index >= 15 is 0 Å². The molecule has 0 radical (unpaired) electrons. The van der Waals surface area contributed by atoms with Gasteiger partial charge in [-0.15, -0.1) is 0 Å². The van der Waals surface area contributed by atoms with Crippen LogP contribution in [0, 0.1) is 0 Å². The van der Waals surface area contributed by atoms with Crippen molar-refractivity contribution in [3.8, 4) is 0 Å². The average Bonchev–Trinajstić information content (AvgIpc) is 2.00. The smallest absolute Gasteiger partial charge is 0.122 e. The van der Waals surface area contributed by atoms with E-state index in [1.807, 2.05) is 0 Å². The molecule has 0 spiro atoms. The SMILES string of the molecule is [2H]C(=O)[C@@H]([2H])[C@H](O)[C@H](O)CO. The molecule has 3 atom stereocenters. The van der Waals surface area contributed by atoms with Crippen molar-refractivity contribution in [3.05, 3.63) is 0 Å². The van der Waals surface area contributed by atoms with E-state index in [0.717, 1.165) is 0 Å². The zero-order chi connectivity index (χ0) is 9.02. The zero-order valence-electron chi connectivity index (χ0n) is 6.69. The minimum absolute atomic E-state index is 0.732. The Hall–Kier alpha value is -0.450. The Labute approximate surface area is 55.6 Å². The summed E-state index contributed by atoms with van der Waals surface area (Å²) in [6, 6.07) is 0. The lowest BCUT2D eigenvalue weighted by Crippen LogP contribution is -2.29. The topological polar surface area (TPSA) is 77.8 Å². The van der Waals surface area contributed by atoms with Gasteiger partial charge in [0.25, 0.3) is 0 Å². The van der Waals surface area contributed by atoms with Crippen LogP contribution < -0.4 is 0 Å². The molecule has 9 heavy (non-hydrogen) atoms. The van der Waals surface area contributed by atoms with E-state index in [4.69, 9.17) is 18.1 Å². The van der Waals surface area contributed by atoms with Crippen molar-refractivity contribution in [1.82, 2.24) is 0 Å². The Morgan fingerprint density at radius 2 is 2.22 bits per heavy atom. The molecule has 0 heterocycles.